The summed E-state index contributed by atoms with van der Waals surface area (Å²) >= 11 is 5.75. The number of ether oxygens (including phenoxy) is 1. The molecule has 1 N–H and O–H groups in total. The summed E-state index contributed by atoms with van der Waals surface area (Å²) in [6, 6.07) is 10.5. The minimum atomic E-state index is -0.832. The van der Waals surface area contributed by atoms with E-state index in [1.165, 1.54) is 30.2 Å². The van der Waals surface area contributed by atoms with Crippen LogP contribution in [0.15, 0.2) is 42.5 Å². The van der Waals surface area contributed by atoms with Crippen LogP contribution in [0.2, 0.25) is 5.02 Å². The number of amides is 2. The number of hydrogen-bond acceptors (Lipinski definition) is 3. The number of carbonyl (C=O) groups excluding carboxylic acids is 2. The molecule has 1 atom stereocenters. The number of nitrogens with zero attached hydrogens (tertiary/aromatic N) is 1. The van der Waals surface area contributed by atoms with Gasteiger partial charge in [0, 0.05) is 12.2 Å². The van der Waals surface area contributed by atoms with Gasteiger partial charge in [0.15, 0.2) is 0 Å². The van der Waals surface area contributed by atoms with Gasteiger partial charge in [-0.05, 0) is 35.7 Å². The molecule has 1 aliphatic heterocycles. The highest BCUT2D eigenvalue weighted by Crippen LogP contribution is 2.31. The molecular formula is C18H16ClFN2O3. The van der Waals surface area contributed by atoms with Gasteiger partial charge in [0.25, 0.3) is 5.91 Å². The van der Waals surface area contributed by atoms with E-state index < -0.39 is 23.9 Å². The number of carbonyl (C=O) groups is 2. The van der Waals surface area contributed by atoms with Crippen LogP contribution in [-0.2, 0) is 16.0 Å². The fourth-order valence-corrected chi connectivity index (χ4v) is 3.13. The van der Waals surface area contributed by atoms with Crippen molar-refractivity contribution in [3.05, 3.63) is 64.4 Å². The molecule has 0 saturated carbocycles. The molecule has 0 aliphatic carbocycles. The summed E-state index contributed by atoms with van der Waals surface area (Å²) in [7, 11) is 1.28. The van der Waals surface area contributed by atoms with E-state index in [0.717, 1.165) is 11.1 Å². The molecular weight excluding hydrogens is 347 g/mol. The molecule has 0 radical (unpaired) electrons. The smallest absolute Gasteiger partial charge is 0.410 e. The van der Waals surface area contributed by atoms with Crippen LogP contribution in [0.1, 0.15) is 17.2 Å². The molecule has 2 amide bonds. The Bertz CT molecular complexity index is 828. The first kappa shape index (κ1) is 17.2. The Hall–Kier alpha value is -2.60. The Morgan fingerprint density at radius 3 is 2.76 bits per heavy atom. The number of hydrogen-bond donors (Lipinski definition) is 1. The lowest BCUT2D eigenvalue weighted by molar-refractivity contribution is -0.121. The first-order valence-electron chi connectivity index (χ1n) is 7.69. The van der Waals surface area contributed by atoms with E-state index in [9.17, 15) is 14.0 Å². The highest BCUT2D eigenvalue weighted by Gasteiger charge is 2.36. The molecule has 0 spiro atoms. The number of halogens is 2. The van der Waals surface area contributed by atoms with E-state index in [1.54, 1.807) is 0 Å². The second kappa shape index (κ2) is 7.11. The molecule has 7 heteroatoms. The largest absolute Gasteiger partial charge is 0.453 e. The number of methoxy groups -OCH3 is 1. The summed E-state index contributed by atoms with van der Waals surface area (Å²) in [6.45, 7) is 0.367. The summed E-state index contributed by atoms with van der Waals surface area (Å²) in [5.41, 5.74) is 2.09. The van der Waals surface area contributed by atoms with E-state index in [4.69, 9.17) is 16.3 Å². The zero-order chi connectivity index (χ0) is 18.0. The Labute approximate surface area is 149 Å². The number of rotatable bonds is 2. The number of anilines is 1. The third-order valence-corrected chi connectivity index (χ3v) is 4.42. The van der Waals surface area contributed by atoms with Crippen molar-refractivity contribution in [2.45, 2.75) is 12.5 Å². The van der Waals surface area contributed by atoms with E-state index in [0.29, 0.717) is 18.7 Å². The van der Waals surface area contributed by atoms with Gasteiger partial charge in [-0.25, -0.2) is 9.18 Å². The number of fused-ring (bicyclic) bond motifs is 1. The summed E-state index contributed by atoms with van der Waals surface area (Å²) in [4.78, 5) is 26.3. The number of nitrogens with one attached hydrogen (secondary N) is 1. The molecule has 2 aromatic rings. The standard InChI is InChI=1S/C18H16ClFN2O3/c1-25-18(24)22-9-8-11-4-2-3-5-13(11)16(22)17(23)21-12-6-7-15(20)14(19)10-12/h2-7,10,16H,8-9H2,1H3,(H,21,23)/t16-/m0/s1. The molecule has 5 nitrogen and oxygen atoms in total. The van der Waals surface area contributed by atoms with Gasteiger partial charge in [0.1, 0.15) is 11.9 Å². The summed E-state index contributed by atoms with van der Waals surface area (Å²) in [5, 5.41) is 2.60. The fourth-order valence-electron chi connectivity index (χ4n) is 2.95. The maximum atomic E-state index is 13.3. The number of benzene rings is 2. The topological polar surface area (TPSA) is 58.6 Å². The molecule has 2 aromatic carbocycles. The molecule has 1 heterocycles. The van der Waals surface area contributed by atoms with Gasteiger partial charge >= 0.3 is 6.09 Å². The predicted molar refractivity (Wildman–Crippen MR) is 92.0 cm³/mol. The third-order valence-electron chi connectivity index (χ3n) is 4.13. The zero-order valence-electron chi connectivity index (χ0n) is 13.5. The van der Waals surface area contributed by atoms with Crippen molar-refractivity contribution in [3.63, 3.8) is 0 Å². The SMILES string of the molecule is COC(=O)N1CCc2ccccc2[C@H]1C(=O)Nc1ccc(F)c(Cl)c1. The van der Waals surface area contributed by atoms with Gasteiger partial charge in [-0.3, -0.25) is 9.69 Å². The summed E-state index contributed by atoms with van der Waals surface area (Å²) in [6.07, 6.45) is 0.0593. The predicted octanol–water partition coefficient (Wildman–Crippen LogP) is 3.78. The van der Waals surface area contributed by atoms with Crippen molar-refractivity contribution in [2.24, 2.45) is 0 Å². The molecule has 25 heavy (non-hydrogen) atoms. The van der Waals surface area contributed by atoms with Crippen LogP contribution in [-0.4, -0.2) is 30.6 Å². The molecule has 0 unspecified atom stereocenters. The Morgan fingerprint density at radius 1 is 1.28 bits per heavy atom. The van der Waals surface area contributed by atoms with Crippen LogP contribution in [0.4, 0.5) is 14.9 Å². The monoisotopic (exact) mass is 362 g/mol. The van der Waals surface area contributed by atoms with Gasteiger partial charge in [-0.15, -0.1) is 0 Å². The summed E-state index contributed by atoms with van der Waals surface area (Å²) < 4.78 is 18.1. The van der Waals surface area contributed by atoms with Gasteiger partial charge in [-0.2, -0.15) is 0 Å². The van der Waals surface area contributed by atoms with Crippen molar-refractivity contribution in [2.75, 3.05) is 19.0 Å². The Morgan fingerprint density at radius 2 is 2.04 bits per heavy atom. The van der Waals surface area contributed by atoms with E-state index in [-0.39, 0.29) is 5.02 Å². The maximum Gasteiger partial charge on any atom is 0.410 e. The summed E-state index contributed by atoms with van der Waals surface area (Å²) in [5.74, 6) is -0.987. The molecule has 0 fully saturated rings. The molecule has 3 rings (SSSR count). The van der Waals surface area contributed by atoms with Crippen LogP contribution < -0.4 is 5.32 Å². The molecule has 0 saturated heterocycles. The molecule has 0 bridgehead atoms. The molecule has 1 aliphatic rings. The van der Waals surface area contributed by atoms with Gasteiger partial charge in [0.05, 0.1) is 12.1 Å². The third kappa shape index (κ3) is 3.44. The first-order valence-corrected chi connectivity index (χ1v) is 8.07. The van der Waals surface area contributed by atoms with E-state index in [2.05, 4.69) is 5.32 Å². The second-order valence-electron chi connectivity index (χ2n) is 5.63. The second-order valence-corrected chi connectivity index (χ2v) is 6.04. The lowest BCUT2D eigenvalue weighted by Crippen LogP contribution is -2.45. The van der Waals surface area contributed by atoms with E-state index >= 15 is 0 Å². The van der Waals surface area contributed by atoms with Crippen LogP contribution in [0.3, 0.4) is 0 Å². The van der Waals surface area contributed by atoms with Crippen molar-refractivity contribution in [1.82, 2.24) is 4.90 Å². The van der Waals surface area contributed by atoms with Crippen LogP contribution in [0.25, 0.3) is 0 Å². The average molecular weight is 363 g/mol. The molecule has 0 aromatic heterocycles. The minimum absolute atomic E-state index is 0.0910. The quantitative estimate of drug-likeness (QED) is 0.884. The highest BCUT2D eigenvalue weighted by molar-refractivity contribution is 6.31. The highest BCUT2D eigenvalue weighted by atomic mass is 35.5. The van der Waals surface area contributed by atoms with Crippen molar-refractivity contribution < 1.29 is 18.7 Å². The lowest BCUT2D eigenvalue weighted by Gasteiger charge is -2.35. The van der Waals surface area contributed by atoms with Gasteiger partial charge in [0.2, 0.25) is 0 Å². The van der Waals surface area contributed by atoms with E-state index in [1.807, 2.05) is 24.3 Å². The first-order chi connectivity index (χ1) is 12.0. The minimum Gasteiger partial charge on any atom is -0.453 e. The Balaban J connectivity index is 1.93. The van der Waals surface area contributed by atoms with Crippen molar-refractivity contribution >= 4 is 29.3 Å². The molecule has 130 valence electrons. The van der Waals surface area contributed by atoms with Crippen LogP contribution >= 0.6 is 11.6 Å². The Kier molecular flexibility index (Phi) is 4.90. The van der Waals surface area contributed by atoms with Crippen LogP contribution in [0, 0.1) is 5.82 Å². The van der Waals surface area contributed by atoms with Crippen molar-refractivity contribution in [1.29, 1.82) is 0 Å². The fraction of sp³-hybridized carbons (Fsp3) is 0.222. The zero-order valence-corrected chi connectivity index (χ0v) is 14.2. The lowest BCUT2D eigenvalue weighted by atomic mass is 9.92. The average Bonchev–Trinajstić information content (AvgIpc) is 2.63. The maximum absolute atomic E-state index is 13.3. The normalized spacial score (nSPS) is 16.1. The van der Waals surface area contributed by atoms with Crippen molar-refractivity contribution in [3.8, 4) is 0 Å². The van der Waals surface area contributed by atoms with Gasteiger partial charge in [-0.1, -0.05) is 35.9 Å². The van der Waals surface area contributed by atoms with Crippen LogP contribution in [0.5, 0.6) is 0 Å². The van der Waals surface area contributed by atoms with Gasteiger partial charge < -0.3 is 10.1 Å².